The number of rotatable bonds is 4. The first-order chi connectivity index (χ1) is 9.44. The number of aliphatic carboxylic acids is 1. The number of nitrogens with one attached hydrogen (secondary N) is 1. The van der Waals surface area contributed by atoms with E-state index in [2.05, 4.69) is 10.3 Å². The Hall–Kier alpha value is -2.15. The minimum atomic E-state index is -1.14. The molecule has 108 valence electrons. The zero-order valence-electron chi connectivity index (χ0n) is 11.4. The molecule has 1 aromatic rings. The second-order valence-electron chi connectivity index (χ2n) is 4.95. The summed E-state index contributed by atoms with van der Waals surface area (Å²) in [6, 6.07) is 3.21. The number of anilines is 1. The molecule has 1 amide bonds. The largest absolute Gasteiger partial charge is 0.479 e. The molecule has 2 heterocycles. The van der Waals surface area contributed by atoms with Crippen LogP contribution in [0.5, 0.6) is 0 Å². The number of carboxylic acid groups (broad SMARTS) is 1. The van der Waals surface area contributed by atoms with E-state index in [1.165, 1.54) is 11.1 Å². The van der Waals surface area contributed by atoms with Gasteiger partial charge in [-0.1, -0.05) is 0 Å². The van der Waals surface area contributed by atoms with E-state index >= 15 is 0 Å². The Morgan fingerprint density at radius 1 is 1.45 bits per heavy atom. The van der Waals surface area contributed by atoms with Crippen molar-refractivity contribution < 1.29 is 19.4 Å². The van der Waals surface area contributed by atoms with Gasteiger partial charge >= 0.3 is 5.97 Å². The number of nitrogens with zero attached hydrogens (tertiary/aromatic N) is 2. The van der Waals surface area contributed by atoms with Gasteiger partial charge < -0.3 is 20.1 Å². The smallest absolute Gasteiger partial charge is 0.331 e. The predicted octanol–water partition coefficient (Wildman–Crippen LogP) is 0.439. The average molecular weight is 279 g/mol. The Kier molecular flexibility index (Phi) is 3.89. The molecule has 0 aromatic carbocycles. The van der Waals surface area contributed by atoms with Crippen molar-refractivity contribution >= 4 is 17.7 Å². The van der Waals surface area contributed by atoms with Crippen molar-refractivity contribution in [3.8, 4) is 0 Å². The highest BCUT2D eigenvalue weighted by molar-refractivity contribution is 5.93. The Labute approximate surface area is 116 Å². The summed E-state index contributed by atoms with van der Waals surface area (Å²) in [4.78, 5) is 28.6. The minimum Gasteiger partial charge on any atom is -0.479 e. The van der Waals surface area contributed by atoms with Crippen LogP contribution in [0.4, 0.5) is 5.82 Å². The van der Waals surface area contributed by atoms with Gasteiger partial charge in [0.1, 0.15) is 5.82 Å². The molecule has 0 aliphatic carbocycles. The molecule has 1 aliphatic rings. The van der Waals surface area contributed by atoms with Gasteiger partial charge in [-0.05, 0) is 12.1 Å². The van der Waals surface area contributed by atoms with Crippen molar-refractivity contribution in [1.82, 2.24) is 9.88 Å². The first-order valence-corrected chi connectivity index (χ1v) is 6.22. The Balaban J connectivity index is 2.14. The number of hydrogen-bond donors (Lipinski definition) is 2. The first kappa shape index (κ1) is 14.3. The lowest BCUT2D eigenvalue weighted by Crippen LogP contribution is -2.47. The van der Waals surface area contributed by atoms with Crippen LogP contribution in [0.2, 0.25) is 0 Å². The maximum Gasteiger partial charge on any atom is 0.331 e. The van der Waals surface area contributed by atoms with Crippen LogP contribution in [0.15, 0.2) is 18.3 Å². The summed E-state index contributed by atoms with van der Waals surface area (Å²) in [5.74, 6) is -0.709. The monoisotopic (exact) mass is 279 g/mol. The van der Waals surface area contributed by atoms with E-state index < -0.39 is 11.5 Å². The molecule has 2 rings (SSSR count). The van der Waals surface area contributed by atoms with Crippen LogP contribution in [0.3, 0.4) is 0 Å². The van der Waals surface area contributed by atoms with Gasteiger partial charge in [-0.25, -0.2) is 9.78 Å². The third kappa shape index (κ3) is 2.72. The standard InChI is InChI=1S/C13H17N3O4/c1-16(2)11(17)9-3-4-10(14-7-9)15-13(12(18)19)5-6-20-8-13/h3-4,7H,5-6,8H2,1-2H3,(H,14,15)(H,18,19). The molecule has 0 radical (unpaired) electrons. The number of carboxylic acids is 1. The number of carbonyl (C=O) groups excluding carboxylic acids is 1. The van der Waals surface area contributed by atoms with Crippen molar-refractivity contribution in [2.45, 2.75) is 12.0 Å². The number of pyridine rings is 1. The highest BCUT2D eigenvalue weighted by Gasteiger charge is 2.42. The van der Waals surface area contributed by atoms with Crippen molar-refractivity contribution in [2.75, 3.05) is 32.6 Å². The van der Waals surface area contributed by atoms with Crippen molar-refractivity contribution in [2.24, 2.45) is 0 Å². The van der Waals surface area contributed by atoms with Gasteiger partial charge in [0.05, 0.1) is 12.2 Å². The van der Waals surface area contributed by atoms with Gasteiger partial charge in [0.2, 0.25) is 0 Å². The Morgan fingerprint density at radius 2 is 2.20 bits per heavy atom. The van der Waals surface area contributed by atoms with Crippen LogP contribution in [0.25, 0.3) is 0 Å². The van der Waals surface area contributed by atoms with E-state index in [-0.39, 0.29) is 12.5 Å². The zero-order valence-corrected chi connectivity index (χ0v) is 11.4. The Bertz CT molecular complexity index is 507. The molecule has 0 saturated carbocycles. The topological polar surface area (TPSA) is 91.8 Å². The number of aromatic nitrogens is 1. The molecule has 1 fully saturated rings. The highest BCUT2D eigenvalue weighted by Crippen LogP contribution is 2.24. The summed E-state index contributed by atoms with van der Waals surface area (Å²) in [5.41, 5.74) is -0.687. The van der Waals surface area contributed by atoms with Crippen molar-refractivity contribution in [3.63, 3.8) is 0 Å². The molecular weight excluding hydrogens is 262 g/mol. The van der Waals surface area contributed by atoms with Crippen LogP contribution >= 0.6 is 0 Å². The van der Waals surface area contributed by atoms with Gasteiger partial charge in [-0.2, -0.15) is 0 Å². The third-order valence-corrected chi connectivity index (χ3v) is 3.21. The van der Waals surface area contributed by atoms with Gasteiger partial charge in [-0.3, -0.25) is 4.79 Å². The molecule has 20 heavy (non-hydrogen) atoms. The third-order valence-electron chi connectivity index (χ3n) is 3.21. The van der Waals surface area contributed by atoms with E-state index in [0.717, 1.165) is 0 Å². The zero-order chi connectivity index (χ0) is 14.8. The molecule has 1 atom stereocenters. The van der Waals surface area contributed by atoms with Crippen LogP contribution < -0.4 is 5.32 Å². The molecule has 1 saturated heterocycles. The minimum absolute atomic E-state index is 0.0996. The summed E-state index contributed by atoms with van der Waals surface area (Å²) in [7, 11) is 3.31. The average Bonchev–Trinajstić information content (AvgIpc) is 2.88. The number of hydrogen-bond acceptors (Lipinski definition) is 5. The van der Waals surface area contributed by atoms with E-state index in [1.54, 1.807) is 26.2 Å². The van der Waals surface area contributed by atoms with Crippen LogP contribution in [0, 0.1) is 0 Å². The fourth-order valence-electron chi connectivity index (χ4n) is 1.98. The van der Waals surface area contributed by atoms with Crippen molar-refractivity contribution in [3.05, 3.63) is 23.9 Å². The van der Waals surface area contributed by atoms with E-state index in [1.807, 2.05) is 0 Å². The SMILES string of the molecule is CN(C)C(=O)c1ccc(NC2(C(=O)O)CCOC2)nc1. The summed E-state index contributed by atoms with van der Waals surface area (Å²) in [5, 5.41) is 12.2. The van der Waals surface area contributed by atoms with Crippen LogP contribution in [-0.2, 0) is 9.53 Å². The fourth-order valence-corrected chi connectivity index (χ4v) is 1.98. The molecule has 2 N–H and O–H groups in total. The molecule has 7 heteroatoms. The van der Waals surface area contributed by atoms with E-state index in [9.17, 15) is 14.7 Å². The van der Waals surface area contributed by atoms with E-state index in [4.69, 9.17) is 4.74 Å². The molecule has 7 nitrogen and oxygen atoms in total. The number of carbonyl (C=O) groups is 2. The lowest BCUT2D eigenvalue weighted by Gasteiger charge is -2.24. The van der Waals surface area contributed by atoms with Crippen molar-refractivity contribution in [1.29, 1.82) is 0 Å². The first-order valence-electron chi connectivity index (χ1n) is 6.22. The number of amides is 1. The summed E-state index contributed by atoms with van der Waals surface area (Å²) in [6.45, 7) is 0.499. The molecule has 0 spiro atoms. The van der Waals surface area contributed by atoms with Crippen LogP contribution in [-0.4, -0.2) is 59.7 Å². The van der Waals surface area contributed by atoms with Gasteiger partial charge in [-0.15, -0.1) is 0 Å². The van der Waals surface area contributed by atoms with Crippen LogP contribution in [0.1, 0.15) is 16.8 Å². The lowest BCUT2D eigenvalue weighted by atomic mass is 9.99. The normalized spacial score (nSPS) is 21.5. The number of ether oxygens (including phenoxy) is 1. The fraction of sp³-hybridized carbons (Fsp3) is 0.462. The van der Waals surface area contributed by atoms with Gasteiger partial charge in [0.15, 0.2) is 5.54 Å². The van der Waals surface area contributed by atoms with Gasteiger partial charge in [0.25, 0.3) is 5.91 Å². The molecule has 0 bridgehead atoms. The second kappa shape index (κ2) is 5.46. The predicted molar refractivity (Wildman–Crippen MR) is 71.7 cm³/mol. The Morgan fingerprint density at radius 3 is 2.65 bits per heavy atom. The van der Waals surface area contributed by atoms with Gasteiger partial charge in [0, 0.05) is 33.3 Å². The summed E-state index contributed by atoms with van der Waals surface area (Å²) < 4.78 is 5.16. The quantitative estimate of drug-likeness (QED) is 0.831. The summed E-state index contributed by atoms with van der Waals surface area (Å²) in [6.07, 6.45) is 1.80. The molecule has 1 unspecified atom stereocenters. The maximum absolute atomic E-state index is 11.7. The van der Waals surface area contributed by atoms with E-state index in [0.29, 0.717) is 24.4 Å². The maximum atomic E-state index is 11.7. The molecule has 1 aliphatic heterocycles. The second-order valence-corrected chi connectivity index (χ2v) is 4.95. The molecular formula is C13H17N3O4. The lowest BCUT2D eigenvalue weighted by molar-refractivity contribution is -0.142. The summed E-state index contributed by atoms with van der Waals surface area (Å²) >= 11 is 0. The molecule has 1 aromatic heterocycles. The highest BCUT2D eigenvalue weighted by atomic mass is 16.5.